The summed E-state index contributed by atoms with van der Waals surface area (Å²) >= 11 is 0. The molecule has 0 aromatic heterocycles. The van der Waals surface area contributed by atoms with Gasteiger partial charge in [-0.3, -0.25) is 0 Å². The van der Waals surface area contributed by atoms with Crippen LogP contribution in [0.1, 0.15) is 26.7 Å². The Morgan fingerprint density at radius 1 is 1.28 bits per heavy atom. The highest BCUT2D eigenvalue weighted by Crippen LogP contribution is 2.23. The van der Waals surface area contributed by atoms with E-state index in [1.54, 1.807) is 6.92 Å². The molecular weight excluding hydrogens is 276 g/mol. The van der Waals surface area contributed by atoms with E-state index in [0.29, 0.717) is 13.0 Å². The van der Waals surface area contributed by atoms with Gasteiger partial charge in [0.2, 0.25) is 10.0 Å². The van der Waals surface area contributed by atoms with Gasteiger partial charge in [-0.15, -0.1) is 0 Å². The molecule has 1 saturated heterocycles. The van der Waals surface area contributed by atoms with Crippen LogP contribution in [0.5, 0.6) is 0 Å². The van der Waals surface area contributed by atoms with Crippen LogP contribution in [-0.4, -0.2) is 52.7 Å². The quantitative estimate of drug-likeness (QED) is 0.617. The van der Waals surface area contributed by atoms with Gasteiger partial charge < -0.3 is 5.32 Å². The minimum absolute atomic E-state index is 0.0252. The van der Waals surface area contributed by atoms with E-state index in [9.17, 15) is 16.8 Å². The molecule has 1 unspecified atom stereocenters. The SMILES string of the molecule is CCCNCCS(=O)(=O)NC1(C)CCS(=O)(=O)C1. The average Bonchev–Trinajstić information content (AvgIpc) is 2.46. The second-order valence-electron chi connectivity index (χ2n) is 5.07. The third-order valence-corrected chi connectivity index (χ3v) is 6.33. The summed E-state index contributed by atoms with van der Waals surface area (Å²) in [7, 11) is -6.53. The van der Waals surface area contributed by atoms with Crippen molar-refractivity contribution in [2.24, 2.45) is 0 Å². The Morgan fingerprint density at radius 2 is 1.94 bits per heavy atom. The zero-order chi connectivity index (χ0) is 13.9. The molecule has 0 aliphatic carbocycles. The molecule has 0 aromatic rings. The second-order valence-corrected chi connectivity index (χ2v) is 9.10. The van der Waals surface area contributed by atoms with Gasteiger partial charge in [0, 0.05) is 12.1 Å². The molecular formula is C10H22N2O4S2. The summed E-state index contributed by atoms with van der Waals surface area (Å²) in [5, 5.41) is 3.01. The van der Waals surface area contributed by atoms with Crippen LogP contribution < -0.4 is 10.0 Å². The standard InChI is InChI=1S/C10H22N2O4S2/c1-3-5-11-6-8-18(15,16)12-10(2)4-7-17(13,14)9-10/h11-12H,3-9H2,1-2H3. The predicted molar refractivity (Wildman–Crippen MR) is 71.8 cm³/mol. The third kappa shape index (κ3) is 5.21. The molecule has 18 heavy (non-hydrogen) atoms. The van der Waals surface area contributed by atoms with Crippen molar-refractivity contribution < 1.29 is 16.8 Å². The Bertz CT molecular complexity index is 472. The summed E-state index contributed by atoms with van der Waals surface area (Å²) in [6, 6.07) is 0. The Hall–Kier alpha value is -0.180. The molecule has 1 aliphatic heterocycles. The topological polar surface area (TPSA) is 92.3 Å². The first kappa shape index (κ1) is 15.9. The van der Waals surface area contributed by atoms with Gasteiger partial charge in [0.05, 0.1) is 17.3 Å². The Balaban J connectivity index is 2.50. The number of sulfonamides is 1. The van der Waals surface area contributed by atoms with Gasteiger partial charge in [0.15, 0.2) is 9.84 Å². The lowest BCUT2D eigenvalue weighted by atomic mass is 10.0. The van der Waals surface area contributed by atoms with E-state index in [-0.39, 0.29) is 17.3 Å². The Labute approximate surface area is 110 Å². The maximum absolute atomic E-state index is 11.8. The van der Waals surface area contributed by atoms with Gasteiger partial charge in [-0.2, -0.15) is 0 Å². The molecule has 0 amide bonds. The van der Waals surface area contributed by atoms with Crippen LogP contribution in [0.3, 0.4) is 0 Å². The van der Waals surface area contributed by atoms with E-state index < -0.39 is 25.4 Å². The normalized spacial score (nSPS) is 27.4. The van der Waals surface area contributed by atoms with Gasteiger partial charge in [-0.25, -0.2) is 21.6 Å². The Morgan fingerprint density at radius 3 is 2.44 bits per heavy atom. The summed E-state index contributed by atoms with van der Waals surface area (Å²) in [5.74, 6) is -0.0790. The molecule has 1 atom stereocenters. The van der Waals surface area contributed by atoms with Crippen molar-refractivity contribution in [3.8, 4) is 0 Å². The molecule has 0 radical (unpaired) electrons. The van der Waals surface area contributed by atoms with Crippen molar-refractivity contribution in [1.82, 2.24) is 10.0 Å². The van der Waals surface area contributed by atoms with Gasteiger partial charge in [-0.1, -0.05) is 6.92 Å². The maximum atomic E-state index is 11.8. The lowest BCUT2D eigenvalue weighted by Gasteiger charge is -2.23. The molecule has 0 bridgehead atoms. The third-order valence-electron chi connectivity index (χ3n) is 2.88. The molecule has 0 spiro atoms. The van der Waals surface area contributed by atoms with Crippen LogP contribution in [0, 0.1) is 0 Å². The van der Waals surface area contributed by atoms with Crippen LogP contribution in [0.2, 0.25) is 0 Å². The van der Waals surface area contributed by atoms with Gasteiger partial charge >= 0.3 is 0 Å². The molecule has 1 fully saturated rings. The smallest absolute Gasteiger partial charge is 0.213 e. The van der Waals surface area contributed by atoms with E-state index in [0.717, 1.165) is 13.0 Å². The highest BCUT2D eigenvalue weighted by molar-refractivity contribution is 7.92. The van der Waals surface area contributed by atoms with Crippen LogP contribution in [0.15, 0.2) is 0 Å². The van der Waals surface area contributed by atoms with Crippen molar-refractivity contribution in [2.45, 2.75) is 32.2 Å². The summed E-state index contributed by atoms with van der Waals surface area (Å²) in [6.07, 6.45) is 1.29. The average molecular weight is 298 g/mol. The molecule has 0 aromatic carbocycles. The number of hydrogen-bond acceptors (Lipinski definition) is 5. The summed E-state index contributed by atoms with van der Waals surface area (Å²) in [6.45, 7) is 4.81. The fourth-order valence-corrected chi connectivity index (χ4v) is 5.65. The molecule has 108 valence electrons. The maximum Gasteiger partial charge on any atom is 0.213 e. The lowest BCUT2D eigenvalue weighted by molar-refractivity contribution is 0.461. The fourth-order valence-electron chi connectivity index (χ4n) is 2.03. The van der Waals surface area contributed by atoms with Crippen LogP contribution in [0.25, 0.3) is 0 Å². The number of sulfone groups is 1. The van der Waals surface area contributed by atoms with Gasteiger partial charge in [0.25, 0.3) is 0 Å². The minimum atomic E-state index is -3.43. The van der Waals surface area contributed by atoms with E-state index in [2.05, 4.69) is 10.0 Å². The van der Waals surface area contributed by atoms with Crippen molar-refractivity contribution in [3.63, 3.8) is 0 Å². The monoisotopic (exact) mass is 298 g/mol. The minimum Gasteiger partial charge on any atom is -0.316 e. The highest BCUT2D eigenvalue weighted by Gasteiger charge is 2.40. The van der Waals surface area contributed by atoms with Crippen molar-refractivity contribution in [2.75, 3.05) is 30.3 Å². The van der Waals surface area contributed by atoms with Crippen LogP contribution in [0.4, 0.5) is 0 Å². The molecule has 1 rings (SSSR count). The van der Waals surface area contributed by atoms with Gasteiger partial charge in [0.1, 0.15) is 0 Å². The zero-order valence-corrected chi connectivity index (χ0v) is 12.5. The second kappa shape index (κ2) is 5.85. The number of rotatable bonds is 7. The Kier molecular flexibility index (Phi) is 5.16. The zero-order valence-electron chi connectivity index (χ0n) is 10.9. The predicted octanol–water partition coefficient (Wildman–Crippen LogP) is -0.517. The first-order valence-electron chi connectivity index (χ1n) is 6.11. The van der Waals surface area contributed by atoms with Crippen molar-refractivity contribution in [1.29, 1.82) is 0 Å². The van der Waals surface area contributed by atoms with Gasteiger partial charge in [-0.05, 0) is 26.3 Å². The first-order chi connectivity index (χ1) is 8.18. The fraction of sp³-hybridized carbons (Fsp3) is 1.00. The molecule has 1 aliphatic rings. The van der Waals surface area contributed by atoms with Crippen molar-refractivity contribution in [3.05, 3.63) is 0 Å². The van der Waals surface area contributed by atoms with Crippen LogP contribution >= 0.6 is 0 Å². The molecule has 8 heteroatoms. The van der Waals surface area contributed by atoms with Crippen molar-refractivity contribution >= 4 is 19.9 Å². The summed E-state index contributed by atoms with van der Waals surface area (Å²) in [5.41, 5.74) is -0.845. The molecule has 6 nitrogen and oxygen atoms in total. The lowest BCUT2D eigenvalue weighted by Crippen LogP contribution is -2.48. The summed E-state index contributed by atoms with van der Waals surface area (Å²) in [4.78, 5) is 0. The van der Waals surface area contributed by atoms with E-state index in [1.807, 2.05) is 6.92 Å². The van der Waals surface area contributed by atoms with E-state index in [1.165, 1.54) is 0 Å². The first-order valence-corrected chi connectivity index (χ1v) is 9.58. The largest absolute Gasteiger partial charge is 0.316 e. The molecule has 0 saturated carbocycles. The molecule has 1 heterocycles. The van der Waals surface area contributed by atoms with E-state index in [4.69, 9.17) is 0 Å². The summed E-state index contributed by atoms with van der Waals surface area (Å²) < 4.78 is 48.9. The van der Waals surface area contributed by atoms with E-state index >= 15 is 0 Å². The highest BCUT2D eigenvalue weighted by atomic mass is 32.2. The number of nitrogens with one attached hydrogen (secondary N) is 2. The number of hydrogen-bond donors (Lipinski definition) is 2. The molecule has 2 N–H and O–H groups in total. The van der Waals surface area contributed by atoms with Crippen LogP contribution in [-0.2, 0) is 19.9 Å².